The Hall–Kier alpha value is -0.950. The lowest BCUT2D eigenvalue weighted by Crippen LogP contribution is -2.08. The third-order valence-electron chi connectivity index (χ3n) is 2.39. The van der Waals surface area contributed by atoms with Gasteiger partial charge in [0.2, 0.25) is 0 Å². The van der Waals surface area contributed by atoms with Crippen LogP contribution in [0.5, 0.6) is 0 Å². The van der Waals surface area contributed by atoms with E-state index in [-0.39, 0.29) is 17.4 Å². The maximum Gasteiger partial charge on any atom is 0.305 e. The molecule has 106 valence electrons. The Morgan fingerprint density at radius 3 is 2.68 bits per heavy atom. The number of esters is 1. The van der Waals surface area contributed by atoms with Crippen LogP contribution < -0.4 is 0 Å². The summed E-state index contributed by atoms with van der Waals surface area (Å²) in [7, 11) is -3.37. The van der Waals surface area contributed by atoms with Gasteiger partial charge in [0.15, 0.2) is 14.9 Å². The standard InChI is InChI=1S/C12H16BrNO4S/c1-3-18-11(15)6-4-5-9-7-8-10(13)14-12(9)19(2,16)17/h7-8H,3-6H2,1-2H3. The molecular weight excluding hydrogens is 334 g/mol. The summed E-state index contributed by atoms with van der Waals surface area (Å²) in [6.45, 7) is 2.10. The second-order valence-corrected chi connectivity index (χ2v) is 6.77. The number of carbonyl (C=O) groups excluding carboxylic acids is 1. The minimum atomic E-state index is -3.37. The van der Waals surface area contributed by atoms with Crippen LogP contribution in [-0.4, -0.2) is 32.2 Å². The van der Waals surface area contributed by atoms with Crippen molar-refractivity contribution in [1.82, 2.24) is 4.98 Å². The van der Waals surface area contributed by atoms with Crippen molar-refractivity contribution in [2.75, 3.05) is 12.9 Å². The van der Waals surface area contributed by atoms with Crippen molar-refractivity contribution in [2.45, 2.75) is 31.2 Å². The quantitative estimate of drug-likeness (QED) is 0.581. The predicted molar refractivity (Wildman–Crippen MR) is 74.6 cm³/mol. The van der Waals surface area contributed by atoms with Gasteiger partial charge in [0.25, 0.3) is 0 Å². The number of ether oxygens (including phenoxy) is 1. The number of hydrogen-bond donors (Lipinski definition) is 0. The molecule has 5 nitrogen and oxygen atoms in total. The SMILES string of the molecule is CCOC(=O)CCCc1ccc(Br)nc1S(C)(=O)=O. The Morgan fingerprint density at radius 1 is 1.42 bits per heavy atom. The van der Waals surface area contributed by atoms with Gasteiger partial charge in [0.05, 0.1) is 6.61 Å². The molecule has 0 amide bonds. The highest BCUT2D eigenvalue weighted by Crippen LogP contribution is 2.19. The third-order valence-corrected chi connectivity index (χ3v) is 3.89. The highest BCUT2D eigenvalue weighted by atomic mass is 79.9. The summed E-state index contributed by atoms with van der Waals surface area (Å²) in [5.41, 5.74) is 0.620. The number of hydrogen-bond acceptors (Lipinski definition) is 5. The molecule has 0 aromatic carbocycles. The van der Waals surface area contributed by atoms with E-state index in [1.54, 1.807) is 19.1 Å². The van der Waals surface area contributed by atoms with Crippen LogP contribution in [0.1, 0.15) is 25.3 Å². The van der Waals surface area contributed by atoms with Crippen LogP contribution in [0, 0.1) is 0 Å². The van der Waals surface area contributed by atoms with Crippen molar-refractivity contribution in [3.8, 4) is 0 Å². The summed E-state index contributed by atoms with van der Waals surface area (Å²) in [4.78, 5) is 15.2. The molecule has 0 aliphatic heterocycles. The molecule has 1 rings (SSSR count). The van der Waals surface area contributed by atoms with Gasteiger partial charge in [-0.3, -0.25) is 4.79 Å². The van der Waals surface area contributed by atoms with Crippen LogP contribution in [0.2, 0.25) is 0 Å². The molecule has 0 saturated carbocycles. The minimum absolute atomic E-state index is 0.0609. The average Bonchev–Trinajstić information content (AvgIpc) is 2.30. The average molecular weight is 350 g/mol. The number of sulfone groups is 1. The fourth-order valence-corrected chi connectivity index (χ4v) is 2.95. The zero-order chi connectivity index (χ0) is 14.5. The number of halogens is 1. The second-order valence-electron chi connectivity index (χ2n) is 4.03. The smallest absolute Gasteiger partial charge is 0.305 e. The molecule has 0 radical (unpaired) electrons. The largest absolute Gasteiger partial charge is 0.466 e. The van der Waals surface area contributed by atoms with E-state index >= 15 is 0 Å². The molecule has 7 heteroatoms. The van der Waals surface area contributed by atoms with Crippen molar-refractivity contribution < 1.29 is 17.9 Å². The third kappa shape index (κ3) is 5.28. The first-order chi connectivity index (χ1) is 8.84. The summed E-state index contributed by atoms with van der Waals surface area (Å²) in [5.74, 6) is -0.270. The summed E-state index contributed by atoms with van der Waals surface area (Å²) in [6, 6.07) is 3.40. The van der Waals surface area contributed by atoms with Gasteiger partial charge in [-0.15, -0.1) is 0 Å². The Labute approximate surface area is 121 Å². The molecule has 19 heavy (non-hydrogen) atoms. The first-order valence-corrected chi connectivity index (χ1v) is 8.54. The van der Waals surface area contributed by atoms with Gasteiger partial charge in [-0.05, 0) is 47.3 Å². The topological polar surface area (TPSA) is 73.3 Å². The Morgan fingerprint density at radius 2 is 2.11 bits per heavy atom. The molecular formula is C12H16BrNO4S. The zero-order valence-electron chi connectivity index (χ0n) is 10.8. The van der Waals surface area contributed by atoms with Crippen LogP contribution in [0.25, 0.3) is 0 Å². The van der Waals surface area contributed by atoms with E-state index in [0.717, 1.165) is 6.26 Å². The van der Waals surface area contributed by atoms with E-state index < -0.39 is 9.84 Å². The zero-order valence-corrected chi connectivity index (χ0v) is 13.3. The molecule has 0 bridgehead atoms. The van der Waals surface area contributed by atoms with Gasteiger partial charge < -0.3 is 4.74 Å². The summed E-state index contributed by atoms with van der Waals surface area (Å²) in [6.07, 6.45) is 2.40. The van der Waals surface area contributed by atoms with E-state index in [2.05, 4.69) is 20.9 Å². The lowest BCUT2D eigenvalue weighted by atomic mass is 10.1. The second kappa shape index (κ2) is 7.00. The number of aromatic nitrogens is 1. The molecule has 0 saturated heterocycles. The highest BCUT2D eigenvalue weighted by molar-refractivity contribution is 9.10. The molecule has 1 aromatic rings. The van der Waals surface area contributed by atoms with E-state index in [0.29, 0.717) is 29.6 Å². The van der Waals surface area contributed by atoms with E-state index in [9.17, 15) is 13.2 Å². The Bertz CT molecular complexity index is 557. The van der Waals surface area contributed by atoms with Gasteiger partial charge in [-0.2, -0.15) is 0 Å². The van der Waals surface area contributed by atoms with Crippen molar-refractivity contribution in [1.29, 1.82) is 0 Å². The Balaban J connectivity index is 2.76. The molecule has 0 spiro atoms. The predicted octanol–water partition coefficient (Wildman–Crippen LogP) is 2.13. The van der Waals surface area contributed by atoms with Crippen molar-refractivity contribution >= 4 is 31.7 Å². The molecule has 0 atom stereocenters. The number of aryl methyl sites for hydroxylation is 1. The van der Waals surface area contributed by atoms with Gasteiger partial charge in [0, 0.05) is 12.7 Å². The lowest BCUT2D eigenvalue weighted by molar-refractivity contribution is -0.143. The number of pyridine rings is 1. The van der Waals surface area contributed by atoms with Crippen LogP contribution in [0.15, 0.2) is 21.8 Å². The highest BCUT2D eigenvalue weighted by Gasteiger charge is 2.16. The fraction of sp³-hybridized carbons (Fsp3) is 0.500. The molecule has 0 N–H and O–H groups in total. The minimum Gasteiger partial charge on any atom is -0.466 e. The van der Waals surface area contributed by atoms with E-state index in [1.165, 1.54) is 0 Å². The molecule has 0 fully saturated rings. The van der Waals surface area contributed by atoms with Crippen LogP contribution in [0.4, 0.5) is 0 Å². The van der Waals surface area contributed by atoms with Crippen molar-refractivity contribution in [3.63, 3.8) is 0 Å². The van der Waals surface area contributed by atoms with Gasteiger partial charge in [-0.25, -0.2) is 13.4 Å². The lowest BCUT2D eigenvalue weighted by Gasteiger charge is -2.07. The number of carbonyl (C=O) groups is 1. The molecule has 0 aliphatic carbocycles. The fourth-order valence-electron chi connectivity index (χ4n) is 1.61. The summed E-state index contributed by atoms with van der Waals surface area (Å²) in [5, 5.41) is 0.0609. The Kier molecular flexibility index (Phi) is 5.93. The van der Waals surface area contributed by atoms with E-state index in [1.807, 2.05) is 0 Å². The van der Waals surface area contributed by atoms with Gasteiger partial charge >= 0.3 is 5.97 Å². The molecule has 0 aliphatic rings. The summed E-state index contributed by atoms with van der Waals surface area (Å²) >= 11 is 3.15. The maximum absolute atomic E-state index is 11.6. The first-order valence-electron chi connectivity index (χ1n) is 5.85. The van der Waals surface area contributed by atoms with Gasteiger partial charge in [-0.1, -0.05) is 6.07 Å². The summed E-state index contributed by atoms with van der Waals surface area (Å²) < 4.78 is 28.6. The maximum atomic E-state index is 11.6. The molecule has 1 heterocycles. The normalized spacial score (nSPS) is 11.3. The van der Waals surface area contributed by atoms with Crippen LogP contribution >= 0.6 is 15.9 Å². The monoisotopic (exact) mass is 349 g/mol. The van der Waals surface area contributed by atoms with Gasteiger partial charge in [0.1, 0.15) is 4.60 Å². The van der Waals surface area contributed by atoms with Crippen LogP contribution in [0.3, 0.4) is 0 Å². The van der Waals surface area contributed by atoms with Crippen molar-refractivity contribution in [3.05, 3.63) is 22.3 Å². The molecule has 1 aromatic heterocycles. The van der Waals surface area contributed by atoms with E-state index in [4.69, 9.17) is 4.74 Å². The van der Waals surface area contributed by atoms with Crippen LogP contribution in [-0.2, 0) is 25.8 Å². The first kappa shape index (κ1) is 16.1. The van der Waals surface area contributed by atoms with Crippen molar-refractivity contribution in [2.24, 2.45) is 0 Å². The number of rotatable bonds is 6. The number of nitrogens with zero attached hydrogens (tertiary/aromatic N) is 1. The molecule has 0 unspecified atom stereocenters.